The van der Waals surface area contributed by atoms with Crippen LogP contribution < -0.4 is 11.1 Å². The number of halogens is 1. The van der Waals surface area contributed by atoms with Crippen LogP contribution in [0.4, 0.5) is 5.69 Å². The summed E-state index contributed by atoms with van der Waals surface area (Å²) < 4.78 is 2.67. The second-order valence-electron chi connectivity index (χ2n) is 4.47. The lowest BCUT2D eigenvalue weighted by Gasteiger charge is -2.08. The van der Waals surface area contributed by atoms with E-state index in [1.165, 1.54) is 0 Å². The molecule has 0 saturated carbocycles. The molecule has 0 unspecified atom stereocenters. The van der Waals surface area contributed by atoms with Crippen molar-refractivity contribution < 1.29 is 4.79 Å². The molecule has 0 spiro atoms. The molecule has 0 aliphatic carbocycles. The molecule has 5 nitrogen and oxygen atoms in total. The number of carbonyl (C=O) groups is 1. The van der Waals surface area contributed by atoms with Crippen molar-refractivity contribution in [3.63, 3.8) is 0 Å². The first-order valence-electron chi connectivity index (χ1n) is 6.46. The van der Waals surface area contributed by atoms with Gasteiger partial charge in [0, 0.05) is 31.2 Å². The second kappa shape index (κ2) is 7.09. The maximum Gasteiger partial charge on any atom is 0.252 e. The summed E-state index contributed by atoms with van der Waals surface area (Å²) in [5.41, 5.74) is 6.89. The molecule has 0 atom stereocenters. The number of rotatable bonds is 6. The van der Waals surface area contributed by atoms with Crippen molar-refractivity contribution in [2.45, 2.75) is 19.4 Å². The number of nitrogens with two attached hydrogens (primary N) is 1. The Morgan fingerprint density at radius 1 is 1.40 bits per heavy atom. The average molecular weight is 337 g/mol. The van der Waals surface area contributed by atoms with Crippen molar-refractivity contribution in [1.82, 2.24) is 14.9 Å². The predicted octanol–water partition coefficient (Wildman–Crippen LogP) is 2.44. The minimum Gasteiger partial charge on any atom is -0.398 e. The molecule has 1 aromatic heterocycles. The van der Waals surface area contributed by atoms with Crippen molar-refractivity contribution in [2.75, 3.05) is 12.3 Å². The lowest BCUT2D eigenvalue weighted by atomic mass is 10.2. The third-order valence-corrected chi connectivity index (χ3v) is 3.85. The number of hydrogen-bond acceptors (Lipinski definition) is 3. The van der Waals surface area contributed by atoms with E-state index in [4.69, 9.17) is 5.73 Å². The molecule has 6 heteroatoms. The summed E-state index contributed by atoms with van der Waals surface area (Å²) in [7, 11) is 0. The van der Waals surface area contributed by atoms with Gasteiger partial charge in [0.15, 0.2) is 0 Å². The highest BCUT2D eigenvalue weighted by molar-refractivity contribution is 9.10. The fourth-order valence-electron chi connectivity index (χ4n) is 1.86. The van der Waals surface area contributed by atoms with Gasteiger partial charge in [-0.25, -0.2) is 4.98 Å². The van der Waals surface area contributed by atoms with Crippen LogP contribution in [0.15, 0.2) is 41.4 Å². The number of nitrogen functional groups attached to an aromatic ring is 1. The zero-order valence-electron chi connectivity index (χ0n) is 11.1. The molecule has 0 bridgehead atoms. The van der Waals surface area contributed by atoms with Crippen molar-refractivity contribution in [3.8, 4) is 0 Å². The van der Waals surface area contributed by atoms with Gasteiger partial charge in [0.2, 0.25) is 0 Å². The van der Waals surface area contributed by atoms with Crippen LogP contribution >= 0.6 is 15.9 Å². The molecule has 0 aliphatic heterocycles. The first kappa shape index (κ1) is 14.6. The predicted molar refractivity (Wildman–Crippen MR) is 82.3 cm³/mol. The number of hydrogen-bond donors (Lipinski definition) is 2. The van der Waals surface area contributed by atoms with Gasteiger partial charge in [-0.05, 0) is 40.9 Å². The van der Waals surface area contributed by atoms with Crippen LogP contribution in [-0.2, 0) is 6.54 Å². The third kappa shape index (κ3) is 3.84. The standard InChI is InChI=1S/C14H17BrN4O/c15-13-11(4-3-5-12(13)16)14(20)18-6-1-2-8-19-9-7-17-10-19/h3-5,7,9-10H,1-2,6,8,16H2,(H,18,20). The maximum absolute atomic E-state index is 12.0. The molecular weight excluding hydrogens is 320 g/mol. The summed E-state index contributed by atoms with van der Waals surface area (Å²) in [6.45, 7) is 1.56. The van der Waals surface area contributed by atoms with Crippen LogP contribution in [0.3, 0.4) is 0 Å². The van der Waals surface area contributed by atoms with E-state index in [0.29, 0.717) is 22.3 Å². The molecule has 1 aromatic carbocycles. The van der Waals surface area contributed by atoms with Gasteiger partial charge in [0.1, 0.15) is 0 Å². The van der Waals surface area contributed by atoms with Crippen molar-refractivity contribution >= 4 is 27.5 Å². The van der Waals surface area contributed by atoms with Crippen LogP contribution in [0, 0.1) is 0 Å². The molecule has 20 heavy (non-hydrogen) atoms. The number of anilines is 1. The van der Waals surface area contributed by atoms with Gasteiger partial charge in [-0.1, -0.05) is 6.07 Å². The van der Waals surface area contributed by atoms with E-state index in [2.05, 4.69) is 26.2 Å². The number of unbranched alkanes of at least 4 members (excludes halogenated alkanes) is 1. The monoisotopic (exact) mass is 336 g/mol. The lowest BCUT2D eigenvalue weighted by Crippen LogP contribution is -2.25. The van der Waals surface area contributed by atoms with Gasteiger partial charge in [-0.2, -0.15) is 0 Å². The van der Waals surface area contributed by atoms with E-state index in [9.17, 15) is 4.79 Å². The maximum atomic E-state index is 12.0. The second-order valence-corrected chi connectivity index (χ2v) is 5.27. The van der Waals surface area contributed by atoms with E-state index in [1.54, 1.807) is 30.7 Å². The minimum absolute atomic E-state index is 0.105. The van der Waals surface area contributed by atoms with Gasteiger partial charge >= 0.3 is 0 Å². The Morgan fingerprint density at radius 2 is 2.25 bits per heavy atom. The zero-order chi connectivity index (χ0) is 14.4. The highest BCUT2D eigenvalue weighted by atomic mass is 79.9. The molecule has 3 N–H and O–H groups in total. The summed E-state index contributed by atoms with van der Waals surface area (Å²) in [6.07, 6.45) is 7.41. The zero-order valence-corrected chi connectivity index (χ0v) is 12.6. The first-order valence-corrected chi connectivity index (χ1v) is 7.25. The smallest absolute Gasteiger partial charge is 0.252 e. The van der Waals surface area contributed by atoms with Crippen molar-refractivity contribution in [3.05, 3.63) is 47.0 Å². The third-order valence-electron chi connectivity index (χ3n) is 2.96. The normalized spacial score (nSPS) is 10.4. The number of amides is 1. The Morgan fingerprint density at radius 3 is 3.00 bits per heavy atom. The van der Waals surface area contributed by atoms with Crippen LogP contribution in [0.2, 0.25) is 0 Å². The number of aromatic nitrogens is 2. The van der Waals surface area contributed by atoms with E-state index in [-0.39, 0.29) is 5.91 Å². The molecule has 2 aromatic rings. The number of nitrogens with one attached hydrogen (secondary N) is 1. The molecule has 1 amide bonds. The number of aryl methyl sites for hydroxylation is 1. The molecular formula is C14H17BrN4O. The highest BCUT2D eigenvalue weighted by Crippen LogP contribution is 2.23. The Labute approximate surface area is 126 Å². The van der Waals surface area contributed by atoms with E-state index >= 15 is 0 Å². The van der Waals surface area contributed by atoms with Gasteiger partial charge in [0.05, 0.1) is 16.4 Å². The van der Waals surface area contributed by atoms with Gasteiger partial charge < -0.3 is 15.6 Å². The first-order chi connectivity index (χ1) is 9.68. The molecule has 106 valence electrons. The Kier molecular flexibility index (Phi) is 5.17. The average Bonchev–Trinajstić information content (AvgIpc) is 2.94. The Hall–Kier alpha value is -1.82. The number of benzene rings is 1. The molecule has 0 aliphatic rings. The fraction of sp³-hybridized carbons (Fsp3) is 0.286. The van der Waals surface area contributed by atoms with Gasteiger partial charge in [0.25, 0.3) is 5.91 Å². The molecule has 2 rings (SSSR count). The molecule has 0 radical (unpaired) electrons. The summed E-state index contributed by atoms with van der Waals surface area (Å²) in [4.78, 5) is 16.0. The Bertz CT molecular complexity index is 569. The SMILES string of the molecule is Nc1cccc(C(=O)NCCCCn2ccnc2)c1Br. The molecule has 0 fully saturated rings. The fourth-order valence-corrected chi connectivity index (χ4v) is 2.31. The van der Waals surface area contributed by atoms with Gasteiger partial charge in [-0.3, -0.25) is 4.79 Å². The van der Waals surface area contributed by atoms with Gasteiger partial charge in [-0.15, -0.1) is 0 Å². The molecule has 0 saturated heterocycles. The number of nitrogens with zero attached hydrogens (tertiary/aromatic N) is 2. The van der Waals surface area contributed by atoms with Crippen LogP contribution in [0.25, 0.3) is 0 Å². The summed E-state index contributed by atoms with van der Waals surface area (Å²) in [6, 6.07) is 5.28. The summed E-state index contributed by atoms with van der Waals surface area (Å²) >= 11 is 3.33. The topological polar surface area (TPSA) is 72.9 Å². The van der Waals surface area contributed by atoms with E-state index in [1.807, 2.05) is 10.8 Å². The van der Waals surface area contributed by atoms with Crippen molar-refractivity contribution in [1.29, 1.82) is 0 Å². The number of carbonyl (C=O) groups excluding carboxylic acids is 1. The summed E-state index contributed by atoms with van der Waals surface area (Å²) in [5.74, 6) is -0.105. The van der Waals surface area contributed by atoms with Crippen LogP contribution in [0.1, 0.15) is 23.2 Å². The van der Waals surface area contributed by atoms with E-state index in [0.717, 1.165) is 19.4 Å². The minimum atomic E-state index is -0.105. The highest BCUT2D eigenvalue weighted by Gasteiger charge is 2.10. The van der Waals surface area contributed by atoms with Crippen LogP contribution in [0.5, 0.6) is 0 Å². The van der Waals surface area contributed by atoms with Crippen LogP contribution in [-0.4, -0.2) is 22.0 Å². The number of imidazole rings is 1. The quantitative estimate of drug-likeness (QED) is 0.628. The molecule has 1 heterocycles. The lowest BCUT2D eigenvalue weighted by molar-refractivity contribution is 0.0952. The Balaban J connectivity index is 1.74. The van der Waals surface area contributed by atoms with Crippen molar-refractivity contribution in [2.24, 2.45) is 0 Å². The largest absolute Gasteiger partial charge is 0.398 e. The summed E-state index contributed by atoms with van der Waals surface area (Å²) in [5, 5.41) is 2.90. The van der Waals surface area contributed by atoms with E-state index < -0.39 is 0 Å².